The average molecular weight is 232 g/mol. The van der Waals surface area contributed by atoms with Crippen LogP contribution in [0, 0.1) is 0 Å². The van der Waals surface area contributed by atoms with Gasteiger partial charge in [-0.3, -0.25) is 9.59 Å². The number of aliphatic hydroxyl groups is 1. The molecule has 15 heavy (non-hydrogen) atoms. The van der Waals surface area contributed by atoms with Crippen molar-refractivity contribution in [3.8, 4) is 0 Å². The summed E-state index contributed by atoms with van der Waals surface area (Å²) < 4.78 is 0. The van der Waals surface area contributed by atoms with Gasteiger partial charge in [-0.2, -0.15) is 0 Å². The molecule has 5 heteroatoms. The van der Waals surface area contributed by atoms with Crippen molar-refractivity contribution in [2.24, 2.45) is 0 Å². The van der Waals surface area contributed by atoms with Crippen molar-refractivity contribution < 1.29 is 14.7 Å². The minimum Gasteiger partial charge on any atom is -0.381 e. The number of alkyl halides is 1. The molecule has 0 aromatic carbocycles. The summed E-state index contributed by atoms with van der Waals surface area (Å²) in [5.74, 6) is -0.718. The van der Waals surface area contributed by atoms with Gasteiger partial charge < -0.3 is 10.0 Å². The second kappa shape index (κ2) is 3.76. The lowest BCUT2D eigenvalue weighted by molar-refractivity contribution is -0.139. The second-order valence-electron chi connectivity index (χ2n) is 4.35. The monoisotopic (exact) mass is 231 g/mol. The predicted molar refractivity (Wildman–Crippen MR) is 54.6 cm³/mol. The Kier molecular flexibility index (Phi) is 2.73. The smallest absolute Gasteiger partial charge is 0.230 e. The Labute approximate surface area is 93.2 Å². The third-order valence-electron chi connectivity index (χ3n) is 3.32. The van der Waals surface area contributed by atoms with Crippen molar-refractivity contribution in [2.75, 3.05) is 12.4 Å². The van der Waals surface area contributed by atoms with E-state index in [1.54, 1.807) is 4.90 Å². The highest BCUT2D eigenvalue weighted by atomic mass is 35.5. The molecule has 2 atom stereocenters. The predicted octanol–water partition coefficient (Wildman–Crippen LogP) is 0.310. The van der Waals surface area contributed by atoms with Gasteiger partial charge in [-0.15, -0.1) is 11.6 Å². The van der Waals surface area contributed by atoms with Crippen LogP contribution < -0.4 is 0 Å². The number of halogens is 1. The van der Waals surface area contributed by atoms with Gasteiger partial charge in [0.2, 0.25) is 5.91 Å². The van der Waals surface area contributed by atoms with Crippen molar-refractivity contribution in [3.63, 3.8) is 0 Å². The normalized spacial score (nSPS) is 36.7. The minimum absolute atomic E-state index is 0.00676. The highest BCUT2D eigenvalue weighted by Gasteiger charge is 2.45. The quantitative estimate of drug-likeness (QED) is 0.522. The van der Waals surface area contributed by atoms with Gasteiger partial charge >= 0.3 is 0 Å². The SMILES string of the molecule is O=C1CC(=O)[C@](O)(CCl)C[C@H]2CCCN12. The van der Waals surface area contributed by atoms with Gasteiger partial charge in [-0.05, 0) is 12.8 Å². The van der Waals surface area contributed by atoms with E-state index >= 15 is 0 Å². The number of Topliss-reactive ketones (excluding diaryl/α,β-unsaturated/α-hetero) is 1. The molecule has 0 saturated carbocycles. The standard InChI is InChI=1S/C10H14ClNO3/c11-6-10(15)5-7-2-1-3-12(7)9(14)4-8(10)13/h7,15H,1-6H2/t7-,10-/m1/s1. The summed E-state index contributed by atoms with van der Waals surface area (Å²) in [6.07, 6.45) is 1.89. The molecule has 0 spiro atoms. The maximum absolute atomic E-state index is 11.7. The Morgan fingerprint density at radius 2 is 2.27 bits per heavy atom. The van der Waals surface area contributed by atoms with E-state index in [1.807, 2.05) is 0 Å². The number of amides is 1. The highest BCUT2D eigenvalue weighted by Crippen LogP contribution is 2.31. The van der Waals surface area contributed by atoms with E-state index in [4.69, 9.17) is 11.6 Å². The zero-order chi connectivity index (χ0) is 11.1. The Hall–Kier alpha value is -0.610. The lowest BCUT2D eigenvalue weighted by Crippen LogP contribution is -2.42. The summed E-state index contributed by atoms with van der Waals surface area (Å²) in [5.41, 5.74) is -1.50. The summed E-state index contributed by atoms with van der Waals surface area (Å²) in [7, 11) is 0. The average Bonchev–Trinajstić information content (AvgIpc) is 2.62. The first kappa shape index (κ1) is 10.9. The fourth-order valence-corrected chi connectivity index (χ4v) is 2.67. The minimum atomic E-state index is -1.50. The Balaban J connectivity index is 2.26. The molecule has 84 valence electrons. The van der Waals surface area contributed by atoms with Gasteiger partial charge in [0.05, 0.1) is 12.3 Å². The molecule has 2 aliphatic rings. The van der Waals surface area contributed by atoms with Gasteiger partial charge in [-0.1, -0.05) is 0 Å². The van der Waals surface area contributed by atoms with E-state index < -0.39 is 11.4 Å². The molecule has 0 aromatic heterocycles. The van der Waals surface area contributed by atoms with Crippen LogP contribution in [0.2, 0.25) is 0 Å². The third kappa shape index (κ3) is 1.76. The first-order chi connectivity index (χ1) is 7.07. The number of hydrogen-bond acceptors (Lipinski definition) is 3. The first-order valence-corrected chi connectivity index (χ1v) is 5.71. The van der Waals surface area contributed by atoms with Crippen molar-refractivity contribution in [1.82, 2.24) is 4.90 Å². The summed E-state index contributed by atoms with van der Waals surface area (Å²) in [5, 5.41) is 10.0. The maximum Gasteiger partial charge on any atom is 0.230 e. The van der Waals surface area contributed by atoms with E-state index in [1.165, 1.54) is 0 Å². The van der Waals surface area contributed by atoms with Crippen LogP contribution in [0.1, 0.15) is 25.7 Å². The number of hydrogen-bond donors (Lipinski definition) is 1. The van der Waals surface area contributed by atoms with Crippen LogP contribution in [0.15, 0.2) is 0 Å². The molecule has 0 aromatic rings. The molecule has 1 amide bonds. The molecule has 0 aliphatic carbocycles. The number of carbonyl (C=O) groups is 2. The molecule has 2 aliphatic heterocycles. The summed E-state index contributed by atoms with van der Waals surface area (Å²) in [6, 6.07) is -0.00676. The van der Waals surface area contributed by atoms with Crippen molar-refractivity contribution in [1.29, 1.82) is 0 Å². The van der Waals surface area contributed by atoms with Crippen LogP contribution in [0.4, 0.5) is 0 Å². The molecule has 2 rings (SSSR count). The Morgan fingerprint density at radius 1 is 1.53 bits per heavy atom. The van der Waals surface area contributed by atoms with Crippen LogP contribution in [-0.2, 0) is 9.59 Å². The van der Waals surface area contributed by atoms with Crippen molar-refractivity contribution in [3.05, 3.63) is 0 Å². The van der Waals surface area contributed by atoms with Crippen LogP contribution in [0.5, 0.6) is 0 Å². The Morgan fingerprint density at radius 3 is 2.93 bits per heavy atom. The first-order valence-electron chi connectivity index (χ1n) is 5.18. The van der Waals surface area contributed by atoms with E-state index in [0.717, 1.165) is 12.8 Å². The molecule has 0 radical (unpaired) electrons. The fraction of sp³-hybridized carbons (Fsp3) is 0.800. The van der Waals surface area contributed by atoms with E-state index in [2.05, 4.69) is 0 Å². The second-order valence-corrected chi connectivity index (χ2v) is 4.62. The van der Waals surface area contributed by atoms with Gasteiger partial charge in [0.15, 0.2) is 5.78 Å². The molecular weight excluding hydrogens is 218 g/mol. The third-order valence-corrected chi connectivity index (χ3v) is 3.76. The lowest BCUT2D eigenvalue weighted by Gasteiger charge is -2.26. The van der Waals surface area contributed by atoms with Crippen LogP contribution >= 0.6 is 11.6 Å². The zero-order valence-electron chi connectivity index (χ0n) is 8.41. The summed E-state index contributed by atoms with van der Waals surface area (Å²) in [4.78, 5) is 25.0. The van der Waals surface area contributed by atoms with Crippen molar-refractivity contribution >= 4 is 23.3 Å². The van der Waals surface area contributed by atoms with Crippen LogP contribution in [0.25, 0.3) is 0 Å². The zero-order valence-corrected chi connectivity index (χ0v) is 9.16. The van der Waals surface area contributed by atoms with Crippen LogP contribution in [-0.4, -0.2) is 45.8 Å². The topological polar surface area (TPSA) is 57.6 Å². The number of carbonyl (C=O) groups excluding carboxylic acids is 2. The Bertz CT molecular complexity index is 307. The molecule has 2 fully saturated rings. The van der Waals surface area contributed by atoms with Crippen LogP contribution in [0.3, 0.4) is 0 Å². The number of ketones is 1. The molecular formula is C10H14ClNO3. The summed E-state index contributed by atoms with van der Waals surface area (Å²) in [6.45, 7) is 0.704. The molecule has 2 heterocycles. The van der Waals surface area contributed by atoms with E-state index in [0.29, 0.717) is 13.0 Å². The maximum atomic E-state index is 11.7. The molecule has 0 unspecified atom stereocenters. The molecule has 0 bridgehead atoms. The largest absolute Gasteiger partial charge is 0.381 e. The lowest BCUT2D eigenvalue weighted by atomic mass is 9.91. The van der Waals surface area contributed by atoms with Gasteiger partial charge in [0.1, 0.15) is 5.60 Å². The number of nitrogens with zero attached hydrogens (tertiary/aromatic N) is 1. The fourth-order valence-electron chi connectivity index (χ4n) is 2.41. The van der Waals surface area contributed by atoms with Gasteiger partial charge in [0.25, 0.3) is 0 Å². The van der Waals surface area contributed by atoms with Gasteiger partial charge in [0, 0.05) is 19.0 Å². The summed E-state index contributed by atoms with van der Waals surface area (Å²) >= 11 is 5.63. The molecule has 4 nitrogen and oxygen atoms in total. The molecule has 1 N–H and O–H groups in total. The van der Waals surface area contributed by atoms with Gasteiger partial charge in [-0.25, -0.2) is 0 Å². The number of rotatable bonds is 1. The number of fused-ring (bicyclic) bond motifs is 1. The van der Waals surface area contributed by atoms with E-state index in [-0.39, 0.29) is 24.2 Å². The molecule has 2 saturated heterocycles. The van der Waals surface area contributed by atoms with E-state index in [9.17, 15) is 14.7 Å². The highest BCUT2D eigenvalue weighted by molar-refractivity contribution is 6.21. The van der Waals surface area contributed by atoms with Crippen molar-refractivity contribution in [2.45, 2.75) is 37.3 Å².